The largest absolute Gasteiger partial charge is 0.488 e. The molecular weight excluding hydrogens is 470 g/mol. The molecule has 4 heteroatoms. The summed E-state index contributed by atoms with van der Waals surface area (Å²) in [6.45, 7) is 5.65. The average Bonchev–Trinajstić information content (AvgIpc) is 2.98. The fourth-order valence-electron chi connectivity index (χ4n) is 5.31. The molecule has 0 unspecified atom stereocenters. The molecule has 0 bridgehead atoms. The van der Waals surface area contributed by atoms with Crippen molar-refractivity contribution in [2.24, 2.45) is 0 Å². The van der Waals surface area contributed by atoms with Gasteiger partial charge in [0.25, 0.3) is 0 Å². The zero-order chi connectivity index (χ0) is 26.6. The van der Waals surface area contributed by atoms with Crippen LogP contribution < -0.4 is 4.74 Å². The maximum Gasteiger partial charge on any atom is 0.194 e. The van der Waals surface area contributed by atoms with Crippen molar-refractivity contribution >= 4 is 5.57 Å². The third kappa shape index (κ3) is 7.35. The van der Waals surface area contributed by atoms with Gasteiger partial charge in [0.15, 0.2) is 5.79 Å². The zero-order valence-corrected chi connectivity index (χ0v) is 23.3. The molecule has 3 aromatic carbocycles. The predicted molar refractivity (Wildman–Crippen MR) is 156 cm³/mol. The van der Waals surface area contributed by atoms with E-state index in [4.69, 9.17) is 14.2 Å². The van der Waals surface area contributed by atoms with Gasteiger partial charge in [-0.3, -0.25) is 4.90 Å². The second-order valence-corrected chi connectivity index (χ2v) is 10.2. The van der Waals surface area contributed by atoms with Crippen LogP contribution in [0.4, 0.5) is 0 Å². The molecule has 0 atom stereocenters. The van der Waals surface area contributed by atoms with E-state index < -0.39 is 5.79 Å². The molecule has 0 spiro atoms. The van der Waals surface area contributed by atoms with Crippen molar-refractivity contribution in [3.63, 3.8) is 0 Å². The number of hydrogen-bond donors (Lipinski definition) is 0. The summed E-state index contributed by atoms with van der Waals surface area (Å²) in [4.78, 5) is 2.52. The van der Waals surface area contributed by atoms with Crippen LogP contribution in [0.3, 0.4) is 0 Å². The topological polar surface area (TPSA) is 30.9 Å². The van der Waals surface area contributed by atoms with Crippen molar-refractivity contribution in [2.75, 3.05) is 27.3 Å². The molecule has 0 aliphatic carbocycles. The molecule has 1 aliphatic rings. The number of unbranched alkanes of at least 4 members (excludes halogenated alkanes) is 3. The maximum absolute atomic E-state index is 6.53. The molecular formula is C34H43NO3. The maximum atomic E-state index is 6.53. The van der Waals surface area contributed by atoms with Crippen molar-refractivity contribution in [3.05, 3.63) is 107 Å². The van der Waals surface area contributed by atoms with E-state index in [1.54, 1.807) is 14.2 Å². The van der Waals surface area contributed by atoms with E-state index in [2.05, 4.69) is 90.7 Å². The summed E-state index contributed by atoms with van der Waals surface area (Å²) in [6, 6.07) is 27.6. The summed E-state index contributed by atoms with van der Waals surface area (Å²) in [7, 11) is 3.49. The van der Waals surface area contributed by atoms with E-state index in [-0.39, 0.29) is 0 Å². The summed E-state index contributed by atoms with van der Waals surface area (Å²) < 4.78 is 18.6. The highest BCUT2D eigenvalue weighted by Gasteiger charge is 2.33. The van der Waals surface area contributed by atoms with Gasteiger partial charge in [0, 0.05) is 51.4 Å². The van der Waals surface area contributed by atoms with E-state index in [1.165, 1.54) is 30.4 Å². The predicted octanol–water partition coefficient (Wildman–Crippen LogP) is 7.97. The normalized spacial score (nSPS) is 14.3. The Labute approximate surface area is 229 Å². The molecule has 0 aromatic heterocycles. The summed E-state index contributed by atoms with van der Waals surface area (Å²) in [6.07, 6.45) is 8.86. The molecule has 0 saturated carbocycles. The van der Waals surface area contributed by atoms with Crippen molar-refractivity contribution < 1.29 is 14.2 Å². The number of methoxy groups -OCH3 is 2. The van der Waals surface area contributed by atoms with Crippen LogP contribution in [0.15, 0.2) is 84.9 Å². The van der Waals surface area contributed by atoms with E-state index >= 15 is 0 Å². The second kappa shape index (κ2) is 14.3. The van der Waals surface area contributed by atoms with Gasteiger partial charge in [0.2, 0.25) is 0 Å². The van der Waals surface area contributed by atoms with Gasteiger partial charge < -0.3 is 14.2 Å². The van der Waals surface area contributed by atoms with Crippen LogP contribution in [-0.2, 0) is 28.4 Å². The first-order valence-electron chi connectivity index (χ1n) is 14.0. The molecule has 4 rings (SSSR count). The lowest BCUT2D eigenvalue weighted by Crippen LogP contribution is -2.31. The Bertz CT molecular complexity index is 1140. The molecule has 202 valence electrons. The zero-order valence-electron chi connectivity index (χ0n) is 23.3. The second-order valence-electron chi connectivity index (χ2n) is 10.2. The van der Waals surface area contributed by atoms with Crippen molar-refractivity contribution in [2.45, 2.75) is 64.4 Å². The third-order valence-corrected chi connectivity index (χ3v) is 7.50. The van der Waals surface area contributed by atoms with Crippen LogP contribution in [-0.4, -0.2) is 32.2 Å². The summed E-state index contributed by atoms with van der Waals surface area (Å²) in [5.41, 5.74) is 5.96. The van der Waals surface area contributed by atoms with E-state index in [9.17, 15) is 0 Å². The van der Waals surface area contributed by atoms with Crippen LogP contribution in [0.2, 0.25) is 0 Å². The average molecular weight is 514 g/mol. The molecule has 1 heterocycles. The van der Waals surface area contributed by atoms with Crippen LogP contribution >= 0.6 is 0 Å². The van der Waals surface area contributed by atoms with Gasteiger partial charge in [-0.1, -0.05) is 105 Å². The highest BCUT2D eigenvalue weighted by molar-refractivity contribution is 5.73. The van der Waals surface area contributed by atoms with Gasteiger partial charge >= 0.3 is 0 Å². The number of nitrogens with zero attached hydrogens (tertiary/aromatic N) is 1. The van der Waals surface area contributed by atoms with Crippen molar-refractivity contribution in [1.29, 1.82) is 0 Å². The van der Waals surface area contributed by atoms with Gasteiger partial charge in [-0.15, -0.1) is 0 Å². The Balaban J connectivity index is 1.61. The smallest absolute Gasteiger partial charge is 0.194 e. The molecule has 1 aliphatic heterocycles. The van der Waals surface area contributed by atoms with Gasteiger partial charge in [-0.2, -0.15) is 0 Å². The van der Waals surface area contributed by atoms with Crippen LogP contribution in [0.5, 0.6) is 5.75 Å². The van der Waals surface area contributed by atoms with Gasteiger partial charge in [-0.05, 0) is 35.6 Å². The first-order chi connectivity index (χ1) is 18.7. The fraction of sp³-hybridized carbons (Fsp3) is 0.412. The minimum absolute atomic E-state index is 0.516. The Morgan fingerprint density at radius 1 is 0.816 bits per heavy atom. The summed E-state index contributed by atoms with van der Waals surface area (Å²) >= 11 is 0. The van der Waals surface area contributed by atoms with E-state index in [0.29, 0.717) is 6.61 Å². The number of hydrogen-bond acceptors (Lipinski definition) is 4. The highest BCUT2D eigenvalue weighted by atomic mass is 16.7. The Kier molecular flexibility index (Phi) is 10.6. The fourth-order valence-corrected chi connectivity index (χ4v) is 5.31. The molecule has 0 amide bonds. The van der Waals surface area contributed by atoms with Crippen LogP contribution in [0.1, 0.15) is 67.7 Å². The lowest BCUT2D eigenvalue weighted by atomic mass is 9.93. The third-order valence-electron chi connectivity index (χ3n) is 7.50. The lowest BCUT2D eigenvalue weighted by Gasteiger charge is -2.33. The van der Waals surface area contributed by atoms with Crippen molar-refractivity contribution in [3.8, 4) is 5.75 Å². The summed E-state index contributed by atoms with van der Waals surface area (Å²) in [5, 5.41) is 0. The SMILES string of the molecule is CCCCCCC(OC)(OC)c1ccc(C2=CCCN(Cc3ccccc3)C2)c(OCc2ccccc2)c1. The first-order valence-corrected chi connectivity index (χ1v) is 14.0. The highest BCUT2D eigenvalue weighted by Crippen LogP contribution is 2.38. The first kappa shape index (κ1) is 28.1. The Morgan fingerprint density at radius 3 is 2.21 bits per heavy atom. The molecule has 4 nitrogen and oxygen atoms in total. The standard InChI is InChI=1S/C34H43NO3/c1-4-5-6-13-22-34(36-2,37-3)31-20-21-32(33(24-31)38-27-29-17-11-8-12-18-29)30-19-14-23-35(26-30)25-28-15-9-7-10-16-28/h7-12,15-21,24H,4-6,13-14,22-23,25-27H2,1-3H3. The van der Waals surface area contributed by atoms with E-state index in [0.717, 1.165) is 61.3 Å². The molecule has 0 fully saturated rings. The monoisotopic (exact) mass is 513 g/mol. The van der Waals surface area contributed by atoms with Gasteiger partial charge in [0.1, 0.15) is 12.4 Å². The van der Waals surface area contributed by atoms with Crippen LogP contribution in [0, 0.1) is 0 Å². The van der Waals surface area contributed by atoms with Gasteiger partial charge in [-0.25, -0.2) is 0 Å². The van der Waals surface area contributed by atoms with Crippen molar-refractivity contribution in [1.82, 2.24) is 4.90 Å². The minimum atomic E-state index is -0.780. The molecule has 3 aromatic rings. The minimum Gasteiger partial charge on any atom is -0.488 e. The molecule has 0 radical (unpaired) electrons. The van der Waals surface area contributed by atoms with Crippen LogP contribution in [0.25, 0.3) is 5.57 Å². The Hall–Kier alpha value is -2.92. The Morgan fingerprint density at radius 2 is 1.53 bits per heavy atom. The number of benzene rings is 3. The number of ether oxygens (including phenoxy) is 3. The van der Waals surface area contributed by atoms with Gasteiger partial charge in [0.05, 0.1) is 0 Å². The molecule has 38 heavy (non-hydrogen) atoms. The van der Waals surface area contributed by atoms with E-state index in [1.807, 2.05) is 6.07 Å². The molecule has 0 saturated heterocycles. The summed E-state index contributed by atoms with van der Waals surface area (Å²) in [5.74, 6) is 0.100. The number of rotatable bonds is 14. The quantitative estimate of drug-likeness (QED) is 0.162. The molecule has 0 N–H and O–H groups in total. The lowest BCUT2D eigenvalue weighted by molar-refractivity contribution is -0.221.